The largest absolute Gasteiger partial charge is 0.379 e. The molecular formula is C9H20N2O2. The summed E-state index contributed by atoms with van der Waals surface area (Å²) < 4.78 is 5.01. The van der Waals surface area contributed by atoms with E-state index in [1.807, 2.05) is 0 Å². The van der Waals surface area contributed by atoms with Gasteiger partial charge in [-0.25, -0.2) is 5.48 Å². The molecule has 2 N–H and O–H groups in total. The molecule has 2 heterocycles. The van der Waals surface area contributed by atoms with Crippen molar-refractivity contribution in [2.75, 3.05) is 39.5 Å². The van der Waals surface area contributed by atoms with Crippen LogP contribution in [0.1, 0.15) is 19.3 Å². The Morgan fingerprint density at radius 1 is 0.769 bits per heavy atom. The Labute approximate surface area is 79.9 Å². The third-order valence-electron chi connectivity index (χ3n) is 1.97. The van der Waals surface area contributed by atoms with Gasteiger partial charge in [0, 0.05) is 19.6 Å². The van der Waals surface area contributed by atoms with Crippen molar-refractivity contribution < 1.29 is 9.57 Å². The minimum Gasteiger partial charge on any atom is -0.379 e. The Morgan fingerprint density at radius 3 is 2.23 bits per heavy atom. The van der Waals surface area contributed by atoms with Crippen LogP contribution in [0.4, 0.5) is 0 Å². The highest BCUT2D eigenvalue weighted by molar-refractivity contribution is 4.49. The standard InChI is InChI=1S/C5H11NO.C4H9NO/c1-2-4-6-7-5-3-1;1-3-6-4-2-5-1/h6H,1-5H2;5H,1-4H2. The van der Waals surface area contributed by atoms with Crippen LogP contribution >= 0.6 is 0 Å². The van der Waals surface area contributed by atoms with E-state index in [-0.39, 0.29) is 0 Å². The van der Waals surface area contributed by atoms with Crippen LogP contribution in [-0.4, -0.2) is 39.5 Å². The SMILES string of the molecule is C1CCNOCC1.C1COCCN1. The first-order valence-corrected chi connectivity index (χ1v) is 5.13. The van der Waals surface area contributed by atoms with Gasteiger partial charge in [0.25, 0.3) is 0 Å². The average Bonchev–Trinajstić information content (AvgIpc) is 2.53. The second kappa shape index (κ2) is 8.44. The smallest absolute Gasteiger partial charge is 0.0682 e. The minimum atomic E-state index is 0.889. The van der Waals surface area contributed by atoms with Gasteiger partial charge in [0.05, 0.1) is 19.8 Å². The van der Waals surface area contributed by atoms with Gasteiger partial charge in [-0.15, -0.1) is 0 Å². The molecule has 0 aromatic rings. The molecule has 2 fully saturated rings. The summed E-state index contributed by atoms with van der Waals surface area (Å²) in [7, 11) is 0. The Morgan fingerprint density at radius 2 is 1.62 bits per heavy atom. The molecule has 0 spiro atoms. The lowest BCUT2D eigenvalue weighted by atomic mass is 10.2. The van der Waals surface area contributed by atoms with Crippen LogP contribution in [-0.2, 0) is 9.57 Å². The summed E-state index contributed by atoms with van der Waals surface area (Å²) in [4.78, 5) is 4.94. The second-order valence-electron chi connectivity index (χ2n) is 3.17. The number of ether oxygens (including phenoxy) is 1. The summed E-state index contributed by atoms with van der Waals surface area (Å²) in [6.07, 6.45) is 3.79. The summed E-state index contributed by atoms with van der Waals surface area (Å²) in [5.74, 6) is 0. The number of morpholine rings is 1. The molecule has 0 atom stereocenters. The van der Waals surface area contributed by atoms with Gasteiger partial charge in [-0.05, 0) is 19.3 Å². The molecule has 0 aromatic carbocycles. The molecule has 0 aliphatic carbocycles. The summed E-state index contributed by atoms with van der Waals surface area (Å²) in [6.45, 7) is 5.75. The molecule has 78 valence electrons. The van der Waals surface area contributed by atoms with E-state index in [9.17, 15) is 0 Å². The first-order valence-electron chi connectivity index (χ1n) is 5.13. The van der Waals surface area contributed by atoms with E-state index in [1.165, 1.54) is 19.3 Å². The molecule has 0 radical (unpaired) electrons. The maximum atomic E-state index is 5.01. The van der Waals surface area contributed by atoms with Crippen LogP contribution < -0.4 is 10.8 Å². The molecule has 0 saturated carbocycles. The first kappa shape index (κ1) is 10.9. The highest BCUT2D eigenvalue weighted by atomic mass is 16.6. The van der Waals surface area contributed by atoms with E-state index in [0.29, 0.717) is 0 Å². The molecule has 2 saturated heterocycles. The number of hydrogen-bond donors (Lipinski definition) is 2. The molecular weight excluding hydrogens is 168 g/mol. The molecule has 13 heavy (non-hydrogen) atoms. The molecule has 0 amide bonds. The fourth-order valence-corrected chi connectivity index (χ4v) is 1.21. The molecule has 4 nitrogen and oxygen atoms in total. The number of hydrogen-bond acceptors (Lipinski definition) is 4. The molecule has 0 unspecified atom stereocenters. The Bertz CT molecular complexity index is 76.6. The van der Waals surface area contributed by atoms with Crippen molar-refractivity contribution in [1.82, 2.24) is 10.8 Å². The minimum absolute atomic E-state index is 0.889. The second-order valence-corrected chi connectivity index (χ2v) is 3.17. The molecule has 2 rings (SSSR count). The molecule has 0 aromatic heterocycles. The summed E-state index contributed by atoms with van der Waals surface area (Å²) in [5.41, 5.74) is 2.85. The predicted molar refractivity (Wildman–Crippen MR) is 51.5 cm³/mol. The maximum absolute atomic E-state index is 5.01. The van der Waals surface area contributed by atoms with Crippen LogP contribution in [0.25, 0.3) is 0 Å². The molecule has 2 aliphatic heterocycles. The van der Waals surface area contributed by atoms with Crippen LogP contribution in [0.15, 0.2) is 0 Å². The predicted octanol–water partition coefficient (Wildman–Crippen LogP) is 0.298. The topological polar surface area (TPSA) is 42.5 Å². The quantitative estimate of drug-likeness (QED) is 0.574. The first-order chi connectivity index (χ1) is 6.50. The van der Waals surface area contributed by atoms with Crippen molar-refractivity contribution in [3.8, 4) is 0 Å². The zero-order valence-corrected chi connectivity index (χ0v) is 8.18. The van der Waals surface area contributed by atoms with Crippen molar-refractivity contribution >= 4 is 0 Å². The van der Waals surface area contributed by atoms with Gasteiger partial charge in [0.2, 0.25) is 0 Å². The Kier molecular flexibility index (Phi) is 7.09. The van der Waals surface area contributed by atoms with E-state index < -0.39 is 0 Å². The van der Waals surface area contributed by atoms with Gasteiger partial charge >= 0.3 is 0 Å². The van der Waals surface area contributed by atoms with Crippen molar-refractivity contribution in [3.63, 3.8) is 0 Å². The Balaban J connectivity index is 0.000000132. The van der Waals surface area contributed by atoms with Crippen LogP contribution in [0.3, 0.4) is 0 Å². The van der Waals surface area contributed by atoms with E-state index in [0.717, 1.165) is 39.5 Å². The lowest BCUT2D eigenvalue weighted by molar-refractivity contribution is 0.0525. The van der Waals surface area contributed by atoms with Gasteiger partial charge in [-0.2, -0.15) is 0 Å². The number of nitrogens with one attached hydrogen (secondary N) is 2. The highest BCUT2D eigenvalue weighted by Gasteiger charge is 1.94. The van der Waals surface area contributed by atoms with Crippen LogP contribution in [0.2, 0.25) is 0 Å². The Hall–Kier alpha value is -0.160. The molecule has 0 bridgehead atoms. The highest BCUT2D eigenvalue weighted by Crippen LogP contribution is 1.96. The van der Waals surface area contributed by atoms with E-state index in [4.69, 9.17) is 9.57 Å². The van der Waals surface area contributed by atoms with Gasteiger partial charge in [0.1, 0.15) is 0 Å². The molecule has 2 aliphatic rings. The van der Waals surface area contributed by atoms with Gasteiger partial charge in [0.15, 0.2) is 0 Å². The zero-order chi connectivity index (χ0) is 9.19. The van der Waals surface area contributed by atoms with Crippen molar-refractivity contribution in [2.24, 2.45) is 0 Å². The van der Waals surface area contributed by atoms with Crippen molar-refractivity contribution in [1.29, 1.82) is 0 Å². The molecule has 4 heteroatoms. The zero-order valence-electron chi connectivity index (χ0n) is 8.18. The van der Waals surface area contributed by atoms with Gasteiger partial charge < -0.3 is 14.9 Å². The third kappa shape index (κ3) is 6.95. The normalized spacial score (nSPS) is 24.0. The van der Waals surface area contributed by atoms with Crippen LogP contribution in [0, 0.1) is 0 Å². The lowest BCUT2D eigenvalue weighted by Crippen LogP contribution is -2.30. The monoisotopic (exact) mass is 188 g/mol. The van der Waals surface area contributed by atoms with Gasteiger partial charge in [-0.1, -0.05) is 0 Å². The fourth-order valence-electron chi connectivity index (χ4n) is 1.21. The fraction of sp³-hybridized carbons (Fsp3) is 1.00. The van der Waals surface area contributed by atoms with Crippen LogP contribution in [0.5, 0.6) is 0 Å². The third-order valence-corrected chi connectivity index (χ3v) is 1.97. The summed E-state index contributed by atoms with van der Waals surface area (Å²) >= 11 is 0. The lowest BCUT2D eigenvalue weighted by Gasteiger charge is -2.10. The maximum Gasteiger partial charge on any atom is 0.0682 e. The van der Waals surface area contributed by atoms with Crippen molar-refractivity contribution in [3.05, 3.63) is 0 Å². The van der Waals surface area contributed by atoms with Crippen molar-refractivity contribution in [2.45, 2.75) is 19.3 Å². The van der Waals surface area contributed by atoms with E-state index in [2.05, 4.69) is 10.8 Å². The summed E-state index contributed by atoms with van der Waals surface area (Å²) in [5, 5.41) is 3.16. The van der Waals surface area contributed by atoms with Gasteiger partial charge in [-0.3, -0.25) is 0 Å². The van der Waals surface area contributed by atoms with E-state index >= 15 is 0 Å². The number of rotatable bonds is 0. The summed E-state index contributed by atoms with van der Waals surface area (Å²) in [6, 6.07) is 0. The van der Waals surface area contributed by atoms with E-state index in [1.54, 1.807) is 0 Å². The average molecular weight is 188 g/mol. The number of hydroxylamine groups is 1.